The van der Waals surface area contributed by atoms with Crippen molar-refractivity contribution in [3.63, 3.8) is 0 Å². The molecule has 160 valence electrons. The Balaban J connectivity index is 2.21. The number of nitriles is 2. The van der Waals surface area contributed by atoms with Crippen molar-refractivity contribution in [3.8, 4) is 12.1 Å². The van der Waals surface area contributed by atoms with Gasteiger partial charge in [0.25, 0.3) is 0 Å². The van der Waals surface area contributed by atoms with Gasteiger partial charge < -0.3 is 0 Å². The number of benzene rings is 1. The molecule has 1 atom stereocenters. The number of carbonyl (C=O) groups excluding carboxylic acids is 1. The van der Waals surface area contributed by atoms with Crippen LogP contribution in [0.15, 0.2) is 54.9 Å². The second-order valence-corrected chi connectivity index (χ2v) is 8.18. The summed E-state index contributed by atoms with van der Waals surface area (Å²) >= 11 is 0. The molecule has 0 saturated carbocycles. The van der Waals surface area contributed by atoms with Crippen molar-refractivity contribution in [2.75, 3.05) is 0 Å². The summed E-state index contributed by atoms with van der Waals surface area (Å²) in [5.41, 5.74) is 3.00. The second-order valence-electron chi connectivity index (χ2n) is 8.18. The van der Waals surface area contributed by atoms with E-state index >= 15 is 0 Å². The third-order valence-electron chi connectivity index (χ3n) is 5.70. The number of nitrogens with zero attached hydrogens (tertiary/aromatic N) is 4. The Kier molecular flexibility index (Phi) is 8.05. The maximum atomic E-state index is 13.3. The van der Waals surface area contributed by atoms with Crippen LogP contribution in [-0.2, 0) is 13.0 Å². The zero-order valence-corrected chi connectivity index (χ0v) is 18.1. The van der Waals surface area contributed by atoms with Gasteiger partial charge in [0.05, 0.1) is 29.0 Å². The summed E-state index contributed by atoms with van der Waals surface area (Å²) in [6, 6.07) is 7.04. The predicted molar refractivity (Wildman–Crippen MR) is 118 cm³/mol. The second kappa shape index (κ2) is 10.5. The monoisotopic (exact) mass is 418 g/mol. The SMILES string of the molecule is C=C(CC)C(=C)CCC(C)(CCc1ccc(C#N)c(C(=O)F)c1)Cn1cc(C#N)cn1. The molecule has 1 heterocycles. The van der Waals surface area contributed by atoms with Gasteiger partial charge in [0.1, 0.15) is 6.07 Å². The van der Waals surface area contributed by atoms with Gasteiger partial charge in [0, 0.05) is 12.7 Å². The minimum Gasteiger partial charge on any atom is -0.271 e. The number of hydrogen-bond donors (Lipinski definition) is 0. The Labute approximate surface area is 183 Å². The molecule has 0 aliphatic heterocycles. The largest absolute Gasteiger partial charge is 0.333 e. The van der Waals surface area contributed by atoms with Crippen molar-refractivity contribution in [2.24, 2.45) is 5.41 Å². The van der Waals surface area contributed by atoms with Gasteiger partial charge in [-0.3, -0.25) is 9.48 Å². The summed E-state index contributed by atoms with van der Waals surface area (Å²) in [5, 5.41) is 22.4. The Hall–Kier alpha value is -3.51. The standard InChI is InChI=1S/C25H27FN4O/c1-5-18(2)19(3)8-10-25(4,17-30-16-21(13-27)15-29-30)11-9-20-6-7-22(14-28)23(12-20)24(26)31/h6-7,12,15-16H,2-3,5,8-11,17H2,1,4H3. The van der Waals surface area contributed by atoms with Crippen LogP contribution in [0.2, 0.25) is 0 Å². The third kappa shape index (κ3) is 6.49. The minimum absolute atomic E-state index is 0.0361. The van der Waals surface area contributed by atoms with E-state index in [1.54, 1.807) is 16.9 Å². The normalized spacial score (nSPS) is 12.4. The van der Waals surface area contributed by atoms with E-state index in [1.807, 2.05) is 6.07 Å². The van der Waals surface area contributed by atoms with Crippen molar-refractivity contribution in [3.05, 3.63) is 77.2 Å². The number of aromatic nitrogens is 2. The van der Waals surface area contributed by atoms with Gasteiger partial charge in [0.15, 0.2) is 0 Å². The summed E-state index contributed by atoms with van der Waals surface area (Å²) < 4.78 is 15.1. The molecule has 0 bridgehead atoms. The van der Waals surface area contributed by atoms with E-state index in [0.29, 0.717) is 18.5 Å². The predicted octanol–water partition coefficient (Wildman–Crippen LogP) is 5.68. The smallest absolute Gasteiger partial charge is 0.271 e. The molecular weight excluding hydrogens is 391 g/mol. The van der Waals surface area contributed by atoms with Crippen LogP contribution in [-0.4, -0.2) is 15.8 Å². The van der Waals surface area contributed by atoms with Gasteiger partial charge >= 0.3 is 6.04 Å². The minimum atomic E-state index is -1.60. The van der Waals surface area contributed by atoms with Crippen molar-refractivity contribution in [1.82, 2.24) is 9.78 Å². The van der Waals surface area contributed by atoms with Gasteiger partial charge in [-0.15, -0.1) is 0 Å². The molecule has 2 aromatic rings. The molecule has 1 unspecified atom stereocenters. The van der Waals surface area contributed by atoms with Crippen LogP contribution in [0.5, 0.6) is 0 Å². The summed E-state index contributed by atoms with van der Waals surface area (Å²) in [5.74, 6) is 0. The quantitative estimate of drug-likeness (QED) is 0.347. The zero-order valence-electron chi connectivity index (χ0n) is 18.1. The van der Waals surface area contributed by atoms with Gasteiger partial charge in [-0.2, -0.15) is 20.0 Å². The molecule has 0 saturated heterocycles. The molecule has 0 amide bonds. The summed E-state index contributed by atoms with van der Waals surface area (Å²) in [7, 11) is 0. The van der Waals surface area contributed by atoms with E-state index in [4.69, 9.17) is 10.5 Å². The molecule has 31 heavy (non-hydrogen) atoms. The average molecular weight is 419 g/mol. The summed E-state index contributed by atoms with van der Waals surface area (Å²) in [6.45, 7) is 13.0. The number of rotatable bonds is 11. The lowest BCUT2D eigenvalue weighted by atomic mass is 9.78. The van der Waals surface area contributed by atoms with Crippen LogP contribution >= 0.6 is 0 Å². The van der Waals surface area contributed by atoms with Gasteiger partial charge in [-0.25, -0.2) is 0 Å². The maximum Gasteiger partial charge on any atom is 0.333 e. The van der Waals surface area contributed by atoms with Crippen LogP contribution < -0.4 is 0 Å². The Morgan fingerprint density at radius 2 is 1.97 bits per heavy atom. The molecule has 0 spiro atoms. The van der Waals surface area contributed by atoms with E-state index < -0.39 is 6.04 Å². The first-order valence-corrected chi connectivity index (χ1v) is 10.2. The zero-order chi connectivity index (χ0) is 23.0. The van der Waals surface area contributed by atoms with Crippen LogP contribution in [0.25, 0.3) is 0 Å². The fourth-order valence-electron chi connectivity index (χ4n) is 3.51. The van der Waals surface area contributed by atoms with E-state index in [9.17, 15) is 9.18 Å². The molecule has 0 aliphatic rings. The number of carbonyl (C=O) groups is 1. The van der Waals surface area contributed by atoms with Crippen LogP contribution in [0.3, 0.4) is 0 Å². The highest BCUT2D eigenvalue weighted by atomic mass is 19.1. The lowest BCUT2D eigenvalue weighted by molar-refractivity contribution is 0.0835. The molecule has 1 aromatic heterocycles. The summed E-state index contributed by atoms with van der Waals surface area (Å²) in [6.07, 6.45) is 7.08. The van der Waals surface area contributed by atoms with Gasteiger partial charge in [-0.1, -0.05) is 44.2 Å². The number of halogens is 1. The van der Waals surface area contributed by atoms with E-state index in [0.717, 1.165) is 42.4 Å². The first-order chi connectivity index (χ1) is 14.7. The van der Waals surface area contributed by atoms with Crippen LogP contribution in [0, 0.1) is 28.1 Å². The third-order valence-corrected chi connectivity index (χ3v) is 5.70. The number of hydrogen-bond acceptors (Lipinski definition) is 4. The molecule has 6 heteroatoms. The highest BCUT2D eigenvalue weighted by Crippen LogP contribution is 2.34. The number of allylic oxidation sites excluding steroid dienone is 2. The first-order valence-electron chi connectivity index (χ1n) is 10.2. The molecule has 2 rings (SSSR count). The maximum absolute atomic E-state index is 13.3. The lowest BCUT2D eigenvalue weighted by Crippen LogP contribution is -2.25. The Morgan fingerprint density at radius 1 is 1.23 bits per heavy atom. The summed E-state index contributed by atoms with van der Waals surface area (Å²) in [4.78, 5) is 11.2. The average Bonchev–Trinajstić information content (AvgIpc) is 3.22. The van der Waals surface area contributed by atoms with E-state index in [2.05, 4.69) is 38.2 Å². The van der Waals surface area contributed by atoms with Gasteiger partial charge in [-0.05, 0) is 55.2 Å². The van der Waals surface area contributed by atoms with Gasteiger partial charge in [0.2, 0.25) is 0 Å². The lowest BCUT2D eigenvalue weighted by Gasteiger charge is -2.30. The Bertz CT molecular complexity index is 1070. The van der Waals surface area contributed by atoms with Crippen molar-refractivity contribution < 1.29 is 9.18 Å². The van der Waals surface area contributed by atoms with Crippen LogP contribution in [0.4, 0.5) is 4.39 Å². The molecule has 0 N–H and O–H groups in total. The molecule has 1 aromatic carbocycles. The first kappa shape index (κ1) is 23.8. The Morgan fingerprint density at radius 3 is 2.55 bits per heavy atom. The fraction of sp³-hybridized carbons (Fsp3) is 0.360. The molecule has 0 fully saturated rings. The molecular formula is C25H27FN4O. The van der Waals surface area contributed by atoms with E-state index in [-0.39, 0.29) is 16.5 Å². The van der Waals surface area contributed by atoms with Crippen LogP contribution in [0.1, 0.15) is 66.6 Å². The highest BCUT2D eigenvalue weighted by Gasteiger charge is 2.26. The van der Waals surface area contributed by atoms with Crippen molar-refractivity contribution in [2.45, 2.75) is 52.5 Å². The molecule has 0 aliphatic carbocycles. The topological polar surface area (TPSA) is 82.5 Å². The highest BCUT2D eigenvalue weighted by molar-refractivity contribution is 5.91. The van der Waals surface area contributed by atoms with Crippen molar-refractivity contribution in [1.29, 1.82) is 10.5 Å². The molecule has 5 nitrogen and oxygen atoms in total. The number of aryl methyl sites for hydroxylation is 1. The fourth-order valence-corrected chi connectivity index (χ4v) is 3.51. The molecule has 0 radical (unpaired) electrons. The van der Waals surface area contributed by atoms with Crippen molar-refractivity contribution >= 4 is 6.04 Å². The van der Waals surface area contributed by atoms with E-state index in [1.165, 1.54) is 18.3 Å².